The zero-order valence-electron chi connectivity index (χ0n) is 18.7. The number of carboxylic acid groups (broad SMARTS) is 1. The minimum Gasteiger partial charge on any atom is -0.481 e. The van der Waals surface area contributed by atoms with E-state index in [-0.39, 0.29) is 40.0 Å². The lowest BCUT2D eigenvalue weighted by atomic mass is 9.79. The molecule has 1 aromatic carbocycles. The predicted molar refractivity (Wildman–Crippen MR) is 123 cm³/mol. The lowest BCUT2D eigenvalue weighted by Crippen LogP contribution is -2.42. The molecule has 3 aromatic heterocycles. The first-order valence-electron chi connectivity index (χ1n) is 10.6. The van der Waals surface area contributed by atoms with E-state index in [1.807, 2.05) is 6.07 Å². The van der Waals surface area contributed by atoms with Crippen LogP contribution in [0.3, 0.4) is 0 Å². The number of anilines is 1. The maximum atomic E-state index is 15.0. The summed E-state index contributed by atoms with van der Waals surface area (Å²) in [6.45, 7) is 3.53. The third-order valence-corrected chi connectivity index (χ3v) is 5.94. The molecule has 0 aliphatic carbocycles. The quantitative estimate of drug-likeness (QED) is 0.338. The van der Waals surface area contributed by atoms with Crippen molar-refractivity contribution in [3.05, 3.63) is 77.5 Å². The average molecular weight is 479 g/mol. The maximum Gasteiger partial charge on any atom is 0.305 e. The van der Waals surface area contributed by atoms with Gasteiger partial charge in [0, 0.05) is 46.6 Å². The third-order valence-electron chi connectivity index (χ3n) is 5.94. The van der Waals surface area contributed by atoms with Gasteiger partial charge in [-0.05, 0) is 24.3 Å². The monoisotopic (exact) mass is 479 g/mol. The summed E-state index contributed by atoms with van der Waals surface area (Å²) in [6, 6.07) is 8.97. The number of fused-ring (bicyclic) bond motifs is 1. The highest BCUT2D eigenvalue weighted by Gasteiger charge is 2.35. The van der Waals surface area contributed by atoms with Crippen LogP contribution in [0.15, 0.2) is 48.8 Å². The highest BCUT2D eigenvalue weighted by molar-refractivity contribution is 5.96. The molecule has 3 N–H and O–H groups in total. The number of nitriles is 1. The van der Waals surface area contributed by atoms with Crippen molar-refractivity contribution in [2.75, 3.05) is 5.32 Å². The molecule has 0 fully saturated rings. The van der Waals surface area contributed by atoms with E-state index in [1.165, 1.54) is 6.20 Å². The van der Waals surface area contributed by atoms with Gasteiger partial charge >= 0.3 is 5.97 Å². The van der Waals surface area contributed by atoms with E-state index in [2.05, 4.69) is 20.3 Å². The van der Waals surface area contributed by atoms with Crippen molar-refractivity contribution in [1.82, 2.24) is 15.0 Å². The number of rotatable bonds is 7. The number of nitrogens with one attached hydrogen (secondary N) is 2. The second-order valence-corrected chi connectivity index (χ2v) is 8.57. The molecular formula is C25H20F3N5O2. The Morgan fingerprint density at radius 2 is 2.00 bits per heavy atom. The van der Waals surface area contributed by atoms with Gasteiger partial charge in [0.1, 0.15) is 17.7 Å². The summed E-state index contributed by atoms with van der Waals surface area (Å²) < 4.78 is 43.1. The number of benzene rings is 1. The molecule has 0 spiro atoms. The highest BCUT2D eigenvalue weighted by Crippen LogP contribution is 2.35. The van der Waals surface area contributed by atoms with Crippen LogP contribution in [0.2, 0.25) is 0 Å². The van der Waals surface area contributed by atoms with Gasteiger partial charge in [-0.25, -0.2) is 18.2 Å². The topological polar surface area (TPSA) is 115 Å². The van der Waals surface area contributed by atoms with E-state index in [4.69, 9.17) is 0 Å². The van der Waals surface area contributed by atoms with Gasteiger partial charge in [-0.2, -0.15) is 5.26 Å². The highest BCUT2D eigenvalue weighted by atomic mass is 19.1. The van der Waals surface area contributed by atoms with Gasteiger partial charge in [-0.3, -0.25) is 9.78 Å². The fourth-order valence-electron chi connectivity index (χ4n) is 3.98. The zero-order chi connectivity index (χ0) is 25.3. The first-order chi connectivity index (χ1) is 16.6. The number of nitrogens with zero attached hydrogens (tertiary/aromatic N) is 3. The number of hydrogen-bond donors (Lipinski definition) is 3. The van der Waals surface area contributed by atoms with Crippen LogP contribution in [0.25, 0.3) is 22.2 Å². The maximum absolute atomic E-state index is 15.0. The summed E-state index contributed by atoms with van der Waals surface area (Å²) in [4.78, 5) is 22.9. The van der Waals surface area contributed by atoms with Crippen LogP contribution < -0.4 is 5.32 Å². The number of H-pyrrole nitrogens is 1. The summed E-state index contributed by atoms with van der Waals surface area (Å²) in [5.74, 6) is -3.96. The Hall–Kier alpha value is -4.39. The van der Waals surface area contributed by atoms with E-state index in [0.717, 1.165) is 18.2 Å². The summed E-state index contributed by atoms with van der Waals surface area (Å²) in [6.07, 6.45) is 2.54. The van der Waals surface area contributed by atoms with Crippen molar-refractivity contribution in [3.8, 4) is 17.3 Å². The second-order valence-electron chi connectivity index (χ2n) is 8.57. The minimum absolute atomic E-state index is 0.00552. The number of hydrogen-bond acceptors (Lipinski definition) is 5. The van der Waals surface area contributed by atoms with Gasteiger partial charge in [-0.15, -0.1) is 0 Å². The smallest absolute Gasteiger partial charge is 0.305 e. The molecule has 0 saturated carbocycles. The molecule has 0 radical (unpaired) electrons. The molecule has 0 bridgehead atoms. The Kier molecular flexibility index (Phi) is 6.18. The molecule has 4 rings (SSSR count). The molecule has 4 aromatic rings. The molecular weight excluding hydrogens is 459 g/mol. The summed E-state index contributed by atoms with van der Waals surface area (Å²) in [5.41, 5.74) is -0.261. The first kappa shape index (κ1) is 23.8. The van der Waals surface area contributed by atoms with E-state index >= 15 is 4.39 Å². The predicted octanol–water partition coefficient (Wildman–Crippen LogP) is 5.15. The van der Waals surface area contributed by atoms with Crippen molar-refractivity contribution < 1.29 is 23.1 Å². The Labute approximate surface area is 198 Å². The number of carbonyl (C=O) groups is 1. The minimum atomic E-state index is -1.12. The molecule has 178 valence electrons. The number of pyridine rings is 2. The van der Waals surface area contributed by atoms with Crippen LogP contribution in [-0.4, -0.2) is 32.1 Å². The van der Waals surface area contributed by atoms with Crippen LogP contribution in [0.4, 0.5) is 19.0 Å². The number of aromatic nitrogens is 3. The Morgan fingerprint density at radius 3 is 2.66 bits per heavy atom. The molecule has 7 nitrogen and oxygen atoms in total. The Bertz CT molecular complexity index is 1460. The van der Waals surface area contributed by atoms with Gasteiger partial charge in [-0.1, -0.05) is 19.9 Å². The largest absolute Gasteiger partial charge is 0.481 e. The van der Waals surface area contributed by atoms with Crippen LogP contribution >= 0.6 is 0 Å². The molecule has 0 aliphatic rings. The molecule has 0 saturated heterocycles. The lowest BCUT2D eigenvalue weighted by molar-refractivity contribution is -0.137. The van der Waals surface area contributed by atoms with Crippen molar-refractivity contribution in [3.63, 3.8) is 0 Å². The molecule has 10 heteroatoms. The Morgan fingerprint density at radius 1 is 1.23 bits per heavy atom. The lowest BCUT2D eigenvalue weighted by Gasteiger charge is -2.34. The van der Waals surface area contributed by atoms with E-state index < -0.39 is 34.9 Å². The van der Waals surface area contributed by atoms with Crippen LogP contribution in [0, 0.1) is 28.8 Å². The number of halogens is 3. The zero-order valence-corrected chi connectivity index (χ0v) is 18.7. The van der Waals surface area contributed by atoms with E-state index in [0.29, 0.717) is 5.69 Å². The number of carboxylic acids is 1. The van der Waals surface area contributed by atoms with Gasteiger partial charge in [0.25, 0.3) is 0 Å². The third kappa shape index (κ3) is 4.53. The van der Waals surface area contributed by atoms with Crippen LogP contribution in [0.1, 0.15) is 31.5 Å². The summed E-state index contributed by atoms with van der Waals surface area (Å²) in [7, 11) is 0. The van der Waals surface area contributed by atoms with Crippen LogP contribution in [0.5, 0.6) is 0 Å². The van der Waals surface area contributed by atoms with Crippen molar-refractivity contribution >= 4 is 22.7 Å². The summed E-state index contributed by atoms with van der Waals surface area (Å²) >= 11 is 0. The molecule has 1 atom stereocenters. The second kappa shape index (κ2) is 9.10. The molecule has 0 amide bonds. The first-order valence-corrected chi connectivity index (χ1v) is 10.6. The normalized spacial score (nSPS) is 12.3. The van der Waals surface area contributed by atoms with Crippen molar-refractivity contribution in [2.24, 2.45) is 0 Å². The van der Waals surface area contributed by atoms with E-state index in [1.54, 1.807) is 38.2 Å². The average Bonchev–Trinajstić information content (AvgIpc) is 3.23. The SMILES string of the molecule is CC(C)(c1ccccn1)C(CC(=O)O)Nc1nc(-c2c[nH]c3c(F)cc(F)cc23)c(C#N)cc1F. The van der Waals surface area contributed by atoms with Gasteiger partial charge in [0.05, 0.1) is 23.2 Å². The van der Waals surface area contributed by atoms with Crippen LogP contribution in [-0.2, 0) is 10.2 Å². The van der Waals surface area contributed by atoms with Gasteiger partial charge in [0.2, 0.25) is 0 Å². The molecule has 0 aliphatic heterocycles. The van der Waals surface area contributed by atoms with Crippen molar-refractivity contribution in [2.45, 2.75) is 31.7 Å². The van der Waals surface area contributed by atoms with E-state index in [9.17, 15) is 23.9 Å². The van der Waals surface area contributed by atoms with Crippen molar-refractivity contribution in [1.29, 1.82) is 5.26 Å². The standard InChI is InChI=1S/C25H20F3N5O2/c1-25(2,19-5-3-4-6-30-19)20(10-21(34)35)32-24-18(28)7-13(11-29)22(33-24)16-12-31-23-15(16)8-14(26)9-17(23)27/h3-9,12,20,31H,10H2,1-2H3,(H,32,33)(H,34,35). The fraction of sp³-hybridized carbons (Fsp3) is 0.200. The molecule has 1 unspecified atom stereocenters. The molecule has 35 heavy (non-hydrogen) atoms. The number of aromatic amines is 1. The summed E-state index contributed by atoms with van der Waals surface area (Å²) in [5, 5.41) is 22.1. The molecule has 3 heterocycles. The number of aliphatic carboxylic acids is 1. The fourth-order valence-corrected chi connectivity index (χ4v) is 3.98. The van der Waals surface area contributed by atoms with Gasteiger partial charge in [0.15, 0.2) is 11.6 Å². The van der Waals surface area contributed by atoms with Gasteiger partial charge < -0.3 is 15.4 Å². The Balaban J connectivity index is 1.83.